The number of benzene rings is 1. The summed E-state index contributed by atoms with van der Waals surface area (Å²) in [6, 6.07) is 15.8. The van der Waals surface area contributed by atoms with Gasteiger partial charge >= 0.3 is 109 Å². The Morgan fingerprint density at radius 1 is 0.461 bits per heavy atom. The second-order valence-electron chi connectivity index (χ2n) is 35.7. The molecule has 6 saturated carbocycles. The molecule has 7 heterocycles. The number of piperazine rings is 7. The van der Waals surface area contributed by atoms with Crippen LogP contribution >= 0.6 is 24.8 Å². The van der Waals surface area contributed by atoms with Crippen LogP contribution in [0.2, 0.25) is 0 Å². The number of hydrogen-bond acceptors (Lipinski definition) is 30. The summed E-state index contributed by atoms with van der Waals surface area (Å²) in [6.07, 6.45) is 35.6. The van der Waals surface area contributed by atoms with Crippen molar-refractivity contribution in [2.75, 3.05) is 239 Å². The Morgan fingerprint density at radius 2 is 0.742 bits per heavy atom. The monoisotopic (exact) mass is 1910 g/mol. The van der Waals surface area contributed by atoms with E-state index < -0.39 is 0 Å². The molecule has 1 aromatic rings. The number of likely N-dealkylation sites (N-methyl/N-ethyl adjacent to an activating group) is 7. The summed E-state index contributed by atoms with van der Waals surface area (Å²) in [5, 5.41) is 38.0. The second kappa shape index (κ2) is 85.8. The molecule has 0 bridgehead atoms. The predicted molar refractivity (Wildman–Crippen MR) is 530 cm³/mol. The van der Waals surface area contributed by atoms with Crippen molar-refractivity contribution in [3.8, 4) is 0 Å². The molecule has 7 saturated heterocycles. The SMILES string of the molecule is C.C.C.C.C.CC(=O)OCc1ccccc1.CCO.CN1CCN(C2CCC/C(=N\O)C2)CC1.CN1CCN(C2CCCC(=O)C2)CC1.CN1CCN(C2CCC[C@@H](N)C2)CC1.CN1CCN(C2CCC[C@H](N)C2)CC1.CN1CCN([C@@H]2CCC[C@H](N)C2)CC1.CN1CCN([C@H]2CCC[C@@H](N)C2)CC1.CN1CCNCC1.Cl.Cl.NO.O=C1C=CCCC1.O=CO[O-].[H-].[K+].[K+]. The van der Waals surface area contributed by atoms with Crippen LogP contribution in [-0.2, 0) is 35.4 Å². The number of ether oxygens (including phenoxy) is 1. The molecule has 0 aromatic heterocycles. The third-order valence-electron chi connectivity index (χ3n) is 25.9. The smallest absolute Gasteiger partial charge is 1.00 e. The fourth-order valence-electron chi connectivity index (χ4n) is 18.2. The van der Waals surface area contributed by atoms with Gasteiger partial charge in [0.1, 0.15) is 12.4 Å². The van der Waals surface area contributed by atoms with E-state index in [2.05, 4.69) is 134 Å². The molecular formula is C94H196Cl2K2N20O10. The van der Waals surface area contributed by atoms with E-state index in [9.17, 15) is 14.4 Å². The van der Waals surface area contributed by atoms with Gasteiger partial charge in [0.2, 0.25) is 0 Å². The number of nitrogens with one attached hydrogen (secondary N) is 1. The maximum absolute atomic E-state index is 11.3. The van der Waals surface area contributed by atoms with Crippen molar-refractivity contribution < 1.29 is 154 Å². The van der Waals surface area contributed by atoms with Gasteiger partial charge in [-0.05, 0) is 190 Å². The van der Waals surface area contributed by atoms with E-state index in [1.54, 1.807) is 13.0 Å². The van der Waals surface area contributed by atoms with Crippen molar-refractivity contribution in [3.63, 3.8) is 0 Å². The minimum atomic E-state index is -0.242. The number of allylic oxidation sites excluding steroid dienone is 2. The molecule has 14 N–H and O–H groups in total. The molecule has 15 rings (SSSR count). The normalized spacial score (nSPS) is 27.4. The maximum Gasteiger partial charge on any atom is 1.00 e. The number of esters is 1. The van der Waals surface area contributed by atoms with Crippen molar-refractivity contribution in [2.45, 2.75) is 291 Å². The first-order valence-electron chi connectivity index (χ1n) is 46.1. The van der Waals surface area contributed by atoms with Gasteiger partial charge < -0.3 is 94.4 Å². The van der Waals surface area contributed by atoms with E-state index in [4.69, 9.17) is 53.2 Å². The fourth-order valence-corrected chi connectivity index (χ4v) is 18.2. The van der Waals surface area contributed by atoms with Gasteiger partial charge in [-0.25, -0.2) is 5.90 Å². The quantitative estimate of drug-likeness (QED) is 0.0427. The molecule has 14 aliphatic rings. The number of rotatable bonds is 9. The van der Waals surface area contributed by atoms with E-state index in [1.807, 2.05) is 36.4 Å². The Balaban J connectivity index is -0.000000256. The molecule has 128 heavy (non-hydrogen) atoms. The van der Waals surface area contributed by atoms with Gasteiger partial charge in [0.15, 0.2) is 5.78 Å². The van der Waals surface area contributed by atoms with Gasteiger partial charge in [0.25, 0.3) is 6.47 Å². The van der Waals surface area contributed by atoms with Crippen LogP contribution in [0, 0.1) is 0 Å². The Labute approximate surface area is 880 Å². The number of carbonyl (C=O) groups excluding carboxylic acids is 4. The summed E-state index contributed by atoms with van der Waals surface area (Å²) in [6.45, 7) is 37.3. The van der Waals surface area contributed by atoms with E-state index in [0.29, 0.717) is 48.6 Å². The minimum absolute atomic E-state index is 0. The van der Waals surface area contributed by atoms with Gasteiger partial charge in [0.05, 0.1) is 5.71 Å². The Kier molecular flexibility index (Phi) is 92.8. The average Bonchev–Trinajstić information content (AvgIpc) is 0.863. The first-order chi connectivity index (χ1) is 57.5. The number of oxime groups is 1. The van der Waals surface area contributed by atoms with Crippen LogP contribution in [0.25, 0.3) is 0 Å². The van der Waals surface area contributed by atoms with Crippen LogP contribution in [0.15, 0.2) is 47.6 Å². The summed E-state index contributed by atoms with van der Waals surface area (Å²) in [5.74, 6) is 4.01. The van der Waals surface area contributed by atoms with Crippen molar-refractivity contribution in [2.24, 2.45) is 34.0 Å². The number of hydrogen-bond donors (Lipinski definition) is 9. The third-order valence-corrected chi connectivity index (χ3v) is 25.9. The maximum atomic E-state index is 11.3. The number of nitrogens with two attached hydrogens (primary N) is 5. The second-order valence-corrected chi connectivity index (χ2v) is 35.7. The van der Waals surface area contributed by atoms with Crippen LogP contribution in [0.3, 0.4) is 0 Å². The molecule has 13 fully saturated rings. The zero-order valence-electron chi connectivity index (χ0n) is 79.9. The van der Waals surface area contributed by atoms with Crippen LogP contribution < -0.4 is 142 Å². The summed E-state index contributed by atoms with van der Waals surface area (Å²) < 4.78 is 4.79. The van der Waals surface area contributed by atoms with Crippen molar-refractivity contribution in [3.05, 3.63) is 48.0 Å². The minimum Gasteiger partial charge on any atom is -1.00 e. The predicted octanol–water partition coefficient (Wildman–Crippen LogP) is 2.25. The van der Waals surface area contributed by atoms with Crippen LogP contribution in [0.1, 0.15) is 231 Å². The molecule has 7 aliphatic carbocycles. The number of carbonyl (C=O) groups is 4. The molecule has 0 amide bonds. The first-order valence-corrected chi connectivity index (χ1v) is 46.1. The molecule has 0 radical (unpaired) electrons. The third kappa shape index (κ3) is 63.3. The number of ketones is 2. The molecule has 748 valence electrons. The van der Waals surface area contributed by atoms with Gasteiger partial charge in [-0.15, -0.1) is 24.8 Å². The molecule has 1 aromatic carbocycles. The van der Waals surface area contributed by atoms with E-state index >= 15 is 0 Å². The zero-order valence-corrected chi connectivity index (χ0v) is 86.7. The van der Waals surface area contributed by atoms with Gasteiger partial charge in [-0.1, -0.05) is 104 Å². The summed E-state index contributed by atoms with van der Waals surface area (Å²) in [4.78, 5) is 75.8. The molecular weight excluding hydrogens is 1720 g/mol. The Morgan fingerprint density at radius 3 is 0.977 bits per heavy atom. The number of aliphatic hydroxyl groups excluding tert-OH is 1. The van der Waals surface area contributed by atoms with Gasteiger partial charge in [0, 0.05) is 283 Å². The molecule has 7 aliphatic heterocycles. The van der Waals surface area contributed by atoms with Crippen LogP contribution in [0.5, 0.6) is 0 Å². The van der Waals surface area contributed by atoms with Crippen molar-refractivity contribution in [1.29, 1.82) is 0 Å². The summed E-state index contributed by atoms with van der Waals surface area (Å²) in [7, 11) is 15.4. The van der Waals surface area contributed by atoms with Crippen LogP contribution in [0.4, 0.5) is 0 Å². The number of nitrogens with zero attached hydrogens (tertiary/aromatic N) is 14. The van der Waals surface area contributed by atoms with Gasteiger partial charge in [-0.3, -0.25) is 48.6 Å². The van der Waals surface area contributed by atoms with Crippen molar-refractivity contribution in [1.82, 2.24) is 69.0 Å². The zero-order chi connectivity index (χ0) is 87.0. The summed E-state index contributed by atoms with van der Waals surface area (Å²) >= 11 is 0. The fraction of sp³-hybridized carbons (Fsp3) is 0.862. The Hall–Kier alpha value is -0.317. The largest absolute Gasteiger partial charge is 1.00 e. The number of aliphatic hydroxyl groups is 1. The average molecular weight is 1920 g/mol. The standard InChI is InChI=1S/C11H21N3O.4C11H23N3.C11H20N2O.C9H10O2.C6H8O.C5H12N2.C2H6O.CH2O3.5CH4.2ClH.2K.H3NO.H/c1-13-5-7-14(8-6-13)11-4-2-3-10(9-11)12-15;4*1-13-5-7-14(8-6-13)11-4-2-3-10(12)9-11;1-12-5-7-13(8-6-12)10-3-2-4-11(14)9-10;1-8(10)11-7-9-5-3-2-4-6-9;7-6-4-2-1-3-5-6;1-7-4-2-6-3-5-7;1-2-3;2-1-4-3;;;;;;;;;;1-2;/h11,15H,2-9H2,1H3;4*10-11H,2-9,12H2,1H3;10H,2-9H2,1H3;2-6H,7H2,1H3;2,4H,1,3,5H2;6H,2-5H2,1H3;3H,2H2,1H3;1,3H;5*1H4;2*1H;;;2H,1H2;/q;;;;;;;;;;;;;;;;;;2*+1;;-1/p-1/b12-10+;;;;;;;;;;;;;;;;;;;;;/t;2*10-,11?;2*10-,11+;;;;;;;;;;;;;;;;;/m.1010................./s1. The molecule has 34 heteroatoms. The number of Topliss-reactive ketones (excluding diaryl/α,β-unsaturated/α-hetero) is 1. The van der Waals surface area contributed by atoms with Crippen LogP contribution in [-0.4, -0.2) is 409 Å². The van der Waals surface area contributed by atoms with E-state index in [1.165, 1.54) is 273 Å². The van der Waals surface area contributed by atoms with E-state index in [-0.39, 0.29) is 191 Å². The first kappa shape index (κ1) is 138. The van der Waals surface area contributed by atoms with Gasteiger partial charge in [-0.2, -0.15) is 0 Å². The summed E-state index contributed by atoms with van der Waals surface area (Å²) in [5.41, 5.74) is 26.1. The Bertz CT molecular complexity index is 2630. The molecule has 4 unspecified atom stereocenters. The number of halogens is 2. The topological polar surface area (TPSA) is 367 Å². The van der Waals surface area contributed by atoms with E-state index in [0.717, 1.165) is 126 Å². The van der Waals surface area contributed by atoms with Crippen molar-refractivity contribution >= 4 is 54.5 Å². The molecule has 30 nitrogen and oxygen atoms in total. The molecule has 10 atom stereocenters. The molecule has 0 spiro atoms.